The Balaban J connectivity index is 1.55. The van der Waals surface area contributed by atoms with Crippen molar-refractivity contribution in [1.82, 2.24) is 25.3 Å². The number of methoxy groups -OCH3 is 1. The molecule has 1 aliphatic carbocycles. The largest absolute Gasteiger partial charge is 0.453 e. The first-order valence-electron chi connectivity index (χ1n) is 9.30. The number of hydrogen-bond acceptors (Lipinski definition) is 6. The number of rotatable bonds is 4. The molecular weight excluding hydrogens is 399 g/mol. The number of alkyl carbamates (subject to hydrolysis) is 1. The molecule has 3 N–H and O–H groups in total. The van der Waals surface area contributed by atoms with E-state index in [0.29, 0.717) is 28.5 Å². The molecule has 29 heavy (non-hydrogen) atoms. The molecule has 0 unspecified atom stereocenters. The van der Waals surface area contributed by atoms with Gasteiger partial charge in [-0.3, -0.25) is 0 Å². The Morgan fingerprint density at radius 1 is 1.31 bits per heavy atom. The summed E-state index contributed by atoms with van der Waals surface area (Å²) in [6, 6.07) is 1.71. The van der Waals surface area contributed by atoms with E-state index in [9.17, 15) is 9.18 Å². The van der Waals surface area contributed by atoms with E-state index >= 15 is 0 Å². The summed E-state index contributed by atoms with van der Waals surface area (Å²) in [4.78, 5) is 27.2. The molecule has 3 aromatic heterocycles. The maximum absolute atomic E-state index is 14.4. The minimum atomic E-state index is -0.534. The lowest BCUT2D eigenvalue weighted by Gasteiger charge is -2.30. The third-order valence-corrected chi connectivity index (χ3v) is 5.21. The van der Waals surface area contributed by atoms with Crippen molar-refractivity contribution in [3.63, 3.8) is 0 Å². The summed E-state index contributed by atoms with van der Waals surface area (Å²) in [7, 11) is 1.33. The van der Waals surface area contributed by atoms with Crippen LogP contribution in [0.4, 0.5) is 15.0 Å². The van der Waals surface area contributed by atoms with Gasteiger partial charge in [0.2, 0.25) is 0 Å². The van der Waals surface area contributed by atoms with Crippen LogP contribution in [0, 0.1) is 5.82 Å². The van der Waals surface area contributed by atoms with Crippen molar-refractivity contribution in [1.29, 1.82) is 0 Å². The number of amides is 1. The second-order valence-corrected chi connectivity index (χ2v) is 7.42. The molecular formula is C19H20ClFN6O2. The highest BCUT2D eigenvalue weighted by molar-refractivity contribution is 6.31. The van der Waals surface area contributed by atoms with Gasteiger partial charge in [-0.2, -0.15) is 0 Å². The third kappa shape index (κ3) is 4.24. The number of halogens is 2. The van der Waals surface area contributed by atoms with Crippen LogP contribution >= 0.6 is 11.6 Å². The van der Waals surface area contributed by atoms with Crippen LogP contribution in [0.3, 0.4) is 0 Å². The lowest BCUT2D eigenvalue weighted by molar-refractivity contribution is 0.162. The molecule has 1 saturated carbocycles. The molecule has 3 heterocycles. The predicted molar refractivity (Wildman–Crippen MR) is 107 cm³/mol. The number of carbonyl (C=O) groups excluding carboxylic acids is 1. The summed E-state index contributed by atoms with van der Waals surface area (Å²) in [5.41, 5.74) is 1.34. The monoisotopic (exact) mass is 418 g/mol. The zero-order valence-corrected chi connectivity index (χ0v) is 16.5. The summed E-state index contributed by atoms with van der Waals surface area (Å²) < 4.78 is 19.0. The van der Waals surface area contributed by atoms with Crippen LogP contribution in [0.2, 0.25) is 5.02 Å². The fourth-order valence-electron chi connectivity index (χ4n) is 3.63. The van der Waals surface area contributed by atoms with E-state index in [1.165, 1.54) is 7.11 Å². The minimum absolute atomic E-state index is 0.0257. The fourth-order valence-corrected chi connectivity index (χ4v) is 3.79. The molecule has 1 amide bonds. The van der Waals surface area contributed by atoms with Crippen molar-refractivity contribution in [3.05, 3.63) is 35.5 Å². The van der Waals surface area contributed by atoms with Gasteiger partial charge in [0, 0.05) is 35.4 Å². The SMILES string of the molecule is COC(=O)N[C@H]1CCC[C@@H](Nc2nc(-c3c[nH]c4ncc(Cl)cc34)ncc2F)C1. The van der Waals surface area contributed by atoms with Gasteiger partial charge in [-0.1, -0.05) is 11.6 Å². The van der Waals surface area contributed by atoms with Crippen LogP contribution < -0.4 is 10.6 Å². The second-order valence-electron chi connectivity index (χ2n) is 6.98. The van der Waals surface area contributed by atoms with Crippen LogP contribution in [-0.2, 0) is 4.74 Å². The van der Waals surface area contributed by atoms with Crippen LogP contribution in [0.1, 0.15) is 25.7 Å². The number of hydrogen-bond donors (Lipinski definition) is 3. The standard InChI is InChI=1S/C19H20ClFN6O2/c1-29-19(28)26-12-4-2-3-11(6-12)25-18-15(21)9-24-17(27-18)14-8-23-16-13(14)5-10(20)7-22-16/h5,7-9,11-12H,2-4,6H2,1H3,(H,22,23)(H,26,28)(H,24,25,27)/t11-,12+/m1/s1. The van der Waals surface area contributed by atoms with Crippen molar-refractivity contribution in [2.24, 2.45) is 0 Å². The topological polar surface area (TPSA) is 105 Å². The average Bonchev–Trinajstić information content (AvgIpc) is 3.13. The Labute approximate surface area is 171 Å². The van der Waals surface area contributed by atoms with Crippen LogP contribution in [0.15, 0.2) is 24.7 Å². The van der Waals surface area contributed by atoms with Gasteiger partial charge >= 0.3 is 6.09 Å². The van der Waals surface area contributed by atoms with E-state index in [1.807, 2.05) is 0 Å². The number of aromatic amines is 1. The smallest absolute Gasteiger partial charge is 0.407 e. The number of anilines is 1. The van der Waals surface area contributed by atoms with Crippen molar-refractivity contribution in [3.8, 4) is 11.4 Å². The van der Waals surface area contributed by atoms with E-state index in [2.05, 4.69) is 35.3 Å². The van der Waals surface area contributed by atoms with E-state index < -0.39 is 11.9 Å². The van der Waals surface area contributed by atoms with Gasteiger partial charge < -0.3 is 20.4 Å². The first kappa shape index (κ1) is 19.4. The number of aromatic nitrogens is 4. The Hall–Kier alpha value is -2.94. The number of nitrogens with one attached hydrogen (secondary N) is 3. The number of pyridine rings is 1. The molecule has 2 atom stereocenters. The molecule has 0 spiro atoms. The highest BCUT2D eigenvalue weighted by Gasteiger charge is 2.25. The second kappa shape index (κ2) is 8.20. The van der Waals surface area contributed by atoms with E-state index in [4.69, 9.17) is 11.6 Å². The first-order valence-corrected chi connectivity index (χ1v) is 9.68. The lowest BCUT2D eigenvalue weighted by Crippen LogP contribution is -2.41. The molecule has 3 aromatic rings. The maximum atomic E-state index is 14.4. The Morgan fingerprint density at radius 2 is 2.14 bits per heavy atom. The molecule has 10 heteroatoms. The minimum Gasteiger partial charge on any atom is -0.453 e. The molecule has 1 aliphatic rings. The first-order chi connectivity index (χ1) is 14.0. The average molecular weight is 419 g/mol. The Morgan fingerprint density at radius 3 is 2.97 bits per heavy atom. The zero-order valence-electron chi connectivity index (χ0n) is 15.7. The highest BCUT2D eigenvalue weighted by Crippen LogP contribution is 2.29. The fraction of sp³-hybridized carbons (Fsp3) is 0.368. The van der Waals surface area contributed by atoms with Crippen LogP contribution in [0.5, 0.6) is 0 Å². The highest BCUT2D eigenvalue weighted by atomic mass is 35.5. The zero-order chi connectivity index (χ0) is 20.4. The van der Waals surface area contributed by atoms with Gasteiger partial charge in [0.25, 0.3) is 0 Å². The van der Waals surface area contributed by atoms with E-state index in [-0.39, 0.29) is 17.9 Å². The summed E-state index contributed by atoms with van der Waals surface area (Å²) in [6.07, 6.45) is 7.22. The van der Waals surface area contributed by atoms with Gasteiger partial charge in [-0.25, -0.2) is 24.1 Å². The van der Waals surface area contributed by atoms with Crippen molar-refractivity contribution in [2.45, 2.75) is 37.8 Å². The van der Waals surface area contributed by atoms with Gasteiger partial charge in [-0.15, -0.1) is 0 Å². The lowest BCUT2D eigenvalue weighted by atomic mass is 9.91. The van der Waals surface area contributed by atoms with Crippen molar-refractivity contribution in [2.75, 3.05) is 12.4 Å². The number of H-pyrrole nitrogens is 1. The van der Waals surface area contributed by atoms with Gasteiger partial charge in [0.15, 0.2) is 17.5 Å². The molecule has 0 bridgehead atoms. The molecule has 8 nitrogen and oxygen atoms in total. The normalized spacial score (nSPS) is 19.1. The van der Waals surface area contributed by atoms with E-state index in [0.717, 1.165) is 30.8 Å². The van der Waals surface area contributed by atoms with Gasteiger partial charge in [0.05, 0.1) is 18.3 Å². The number of fused-ring (bicyclic) bond motifs is 1. The summed E-state index contributed by atoms with van der Waals surface area (Å²) >= 11 is 6.05. The predicted octanol–water partition coefficient (Wildman–Crippen LogP) is 3.89. The summed E-state index contributed by atoms with van der Waals surface area (Å²) in [5.74, 6) is -0.0416. The molecule has 0 aliphatic heterocycles. The number of carbonyl (C=O) groups is 1. The third-order valence-electron chi connectivity index (χ3n) is 5.01. The van der Waals surface area contributed by atoms with Gasteiger partial charge in [0.1, 0.15) is 5.65 Å². The molecule has 4 rings (SSSR count). The molecule has 0 aromatic carbocycles. The maximum Gasteiger partial charge on any atom is 0.407 e. The van der Waals surface area contributed by atoms with Gasteiger partial charge in [-0.05, 0) is 31.7 Å². The molecule has 1 fully saturated rings. The van der Waals surface area contributed by atoms with Crippen molar-refractivity contribution >= 4 is 34.5 Å². The van der Waals surface area contributed by atoms with E-state index in [1.54, 1.807) is 18.5 Å². The molecule has 0 saturated heterocycles. The quantitative estimate of drug-likeness (QED) is 0.593. The number of nitrogens with zero attached hydrogens (tertiary/aromatic N) is 3. The molecule has 0 radical (unpaired) electrons. The van der Waals surface area contributed by atoms with Crippen molar-refractivity contribution < 1.29 is 13.9 Å². The Bertz CT molecular complexity index is 1040. The molecule has 152 valence electrons. The van der Waals surface area contributed by atoms with Crippen LogP contribution in [-0.4, -0.2) is 45.2 Å². The summed E-state index contributed by atoms with van der Waals surface area (Å²) in [5, 5.41) is 7.22. The van der Waals surface area contributed by atoms with Crippen LogP contribution in [0.25, 0.3) is 22.4 Å². The number of ether oxygens (including phenoxy) is 1. The summed E-state index contributed by atoms with van der Waals surface area (Å²) in [6.45, 7) is 0. The Kier molecular flexibility index (Phi) is 5.48.